The molecule has 0 unspecified atom stereocenters. The molecule has 0 bridgehead atoms. The summed E-state index contributed by atoms with van der Waals surface area (Å²) in [6.45, 7) is 10.6. The van der Waals surface area contributed by atoms with Crippen LogP contribution in [0.4, 0.5) is 0 Å². The minimum Gasteiger partial charge on any atom is -0.439 e. The summed E-state index contributed by atoms with van der Waals surface area (Å²) in [4.78, 5) is 11.7. The number of hydrogen-bond acceptors (Lipinski definition) is 4. The zero-order valence-corrected chi connectivity index (χ0v) is 14.8. The summed E-state index contributed by atoms with van der Waals surface area (Å²) in [5.74, 6) is 0.692. The molecule has 0 saturated heterocycles. The average molecular weight is 345 g/mol. The predicted octanol–water partition coefficient (Wildman–Crippen LogP) is 5.41. The van der Waals surface area contributed by atoms with Crippen molar-refractivity contribution in [2.45, 2.75) is 13.8 Å². The SMILES string of the molecule is C=C(C)C(=N)Oc1ccc2c(ccc3cc(OC(=O)C(=C)C)ccc32)c1. The average Bonchev–Trinajstić information content (AvgIpc) is 2.61. The summed E-state index contributed by atoms with van der Waals surface area (Å²) in [7, 11) is 0. The normalized spacial score (nSPS) is 10.5. The summed E-state index contributed by atoms with van der Waals surface area (Å²) in [6, 6.07) is 15.1. The van der Waals surface area contributed by atoms with Crippen LogP contribution in [-0.2, 0) is 4.79 Å². The standard InChI is InChI=1S/C22H19NO3/c1-13(2)21(23)25-17-7-9-19-15(11-17)5-6-16-12-18(8-10-20(16)19)26-22(24)14(3)4/h5-12,23H,1,3H2,2,4H3. The molecule has 130 valence electrons. The minimum atomic E-state index is -0.438. The monoisotopic (exact) mass is 345 g/mol. The smallest absolute Gasteiger partial charge is 0.338 e. The predicted molar refractivity (Wildman–Crippen MR) is 105 cm³/mol. The molecule has 3 aromatic rings. The molecule has 26 heavy (non-hydrogen) atoms. The van der Waals surface area contributed by atoms with Crippen LogP contribution in [0, 0.1) is 5.41 Å². The van der Waals surface area contributed by atoms with Gasteiger partial charge in [-0.05, 0) is 59.7 Å². The molecule has 0 heterocycles. The Balaban J connectivity index is 1.98. The highest BCUT2D eigenvalue weighted by atomic mass is 16.5. The molecule has 0 aromatic heterocycles. The molecular weight excluding hydrogens is 326 g/mol. The Morgan fingerprint density at radius 2 is 1.31 bits per heavy atom. The van der Waals surface area contributed by atoms with Crippen molar-refractivity contribution in [3.63, 3.8) is 0 Å². The van der Waals surface area contributed by atoms with Gasteiger partial charge in [-0.1, -0.05) is 37.4 Å². The lowest BCUT2D eigenvalue weighted by Gasteiger charge is -2.10. The van der Waals surface area contributed by atoms with Crippen molar-refractivity contribution < 1.29 is 14.3 Å². The van der Waals surface area contributed by atoms with Gasteiger partial charge in [0.1, 0.15) is 11.5 Å². The van der Waals surface area contributed by atoms with E-state index in [9.17, 15) is 4.79 Å². The van der Waals surface area contributed by atoms with Crippen molar-refractivity contribution in [2.24, 2.45) is 0 Å². The Morgan fingerprint density at radius 3 is 1.77 bits per heavy atom. The summed E-state index contributed by atoms with van der Waals surface area (Å²) in [5.41, 5.74) is 0.928. The number of carbonyl (C=O) groups excluding carboxylic acids is 1. The van der Waals surface area contributed by atoms with E-state index >= 15 is 0 Å². The van der Waals surface area contributed by atoms with Gasteiger partial charge in [-0.3, -0.25) is 5.41 Å². The maximum absolute atomic E-state index is 11.7. The number of fused-ring (bicyclic) bond motifs is 3. The summed E-state index contributed by atoms with van der Waals surface area (Å²) < 4.78 is 10.8. The first-order valence-electron chi connectivity index (χ1n) is 8.11. The van der Waals surface area contributed by atoms with Crippen LogP contribution >= 0.6 is 0 Å². The second kappa shape index (κ2) is 6.84. The molecule has 0 spiro atoms. The minimum absolute atomic E-state index is 0.0501. The second-order valence-electron chi connectivity index (χ2n) is 6.21. The molecule has 0 atom stereocenters. The Kier molecular flexibility index (Phi) is 4.59. The fraction of sp³-hybridized carbons (Fsp3) is 0.0909. The third-order valence-corrected chi connectivity index (χ3v) is 3.95. The highest BCUT2D eigenvalue weighted by Crippen LogP contribution is 2.31. The Labute approximate surface area is 151 Å². The topological polar surface area (TPSA) is 59.4 Å². The van der Waals surface area contributed by atoms with E-state index in [1.165, 1.54) is 0 Å². The van der Waals surface area contributed by atoms with Crippen LogP contribution in [0.15, 0.2) is 72.8 Å². The first kappa shape index (κ1) is 17.4. The van der Waals surface area contributed by atoms with Gasteiger partial charge in [0.25, 0.3) is 0 Å². The van der Waals surface area contributed by atoms with E-state index in [1.54, 1.807) is 19.9 Å². The Morgan fingerprint density at radius 1 is 0.808 bits per heavy atom. The third kappa shape index (κ3) is 3.49. The maximum atomic E-state index is 11.7. The van der Waals surface area contributed by atoms with E-state index in [0.717, 1.165) is 21.5 Å². The van der Waals surface area contributed by atoms with Crippen molar-refractivity contribution in [2.75, 3.05) is 0 Å². The van der Waals surface area contributed by atoms with Crippen LogP contribution in [-0.4, -0.2) is 11.9 Å². The van der Waals surface area contributed by atoms with Gasteiger partial charge in [0.2, 0.25) is 5.90 Å². The number of benzene rings is 3. The van der Waals surface area contributed by atoms with Gasteiger partial charge in [-0.15, -0.1) is 0 Å². The van der Waals surface area contributed by atoms with Gasteiger partial charge < -0.3 is 9.47 Å². The van der Waals surface area contributed by atoms with Gasteiger partial charge in [0.05, 0.1) is 0 Å². The maximum Gasteiger partial charge on any atom is 0.338 e. The Hall–Kier alpha value is -3.40. The molecule has 0 saturated carbocycles. The fourth-order valence-electron chi connectivity index (χ4n) is 2.55. The van der Waals surface area contributed by atoms with E-state index in [-0.39, 0.29) is 5.90 Å². The molecule has 0 aliphatic rings. The van der Waals surface area contributed by atoms with E-state index in [1.807, 2.05) is 42.5 Å². The molecule has 0 fully saturated rings. The van der Waals surface area contributed by atoms with Crippen molar-refractivity contribution >= 4 is 33.4 Å². The number of rotatable bonds is 4. The molecule has 4 nitrogen and oxygen atoms in total. The molecule has 1 N–H and O–H groups in total. The number of ether oxygens (including phenoxy) is 2. The van der Waals surface area contributed by atoms with E-state index in [2.05, 4.69) is 13.2 Å². The van der Waals surface area contributed by atoms with Crippen LogP contribution in [0.2, 0.25) is 0 Å². The highest BCUT2D eigenvalue weighted by Gasteiger charge is 2.08. The molecule has 0 amide bonds. The van der Waals surface area contributed by atoms with Gasteiger partial charge in [0.15, 0.2) is 0 Å². The lowest BCUT2D eigenvalue weighted by atomic mass is 10.0. The lowest BCUT2D eigenvalue weighted by molar-refractivity contribution is -0.130. The van der Waals surface area contributed by atoms with Crippen molar-refractivity contribution in [3.05, 3.63) is 72.8 Å². The zero-order valence-electron chi connectivity index (χ0n) is 14.8. The van der Waals surface area contributed by atoms with Crippen LogP contribution in [0.3, 0.4) is 0 Å². The van der Waals surface area contributed by atoms with Gasteiger partial charge in [-0.2, -0.15) is 0 Å². The largest absolute Gasteiger partial charge is 0.439 e. The second-order valence-corrected chi connectivity index (χ2v) is 6.21. The van der Waals surface area contributed by atoms with Crippen LogP contribution in [0.25, 0.3) is 21.5 Å². The molecule has 0 aliphatic heterocycles. The quantitative estimate of drug-likeness (QED) is 0.172. The summed E-state index contributed by atoms with van der Waals surface area (Å²) >= 11 is 0. The van der Waals surface area contributed by atoms with Gasteiger partial charge >= 0.3 is 5.97 Å². The zero-order chi connectivity index (χ0) is 18.8. The number of carbonyl (C=O) groups is 1. The van der Waals surface area contributed by atoms with Crippen molar-refractivity contribution in [1.29, 1.82) is 5.41 Å². The van der Waals surface area contributed by atoms with Crippen molar-refractivity contribution in [1.82, 2.24) is 0 Å². The van der Waals surface area contributed by atoms with Gasteiger partial charge in [-0.25, -0.2) is 4.79 Å². The molecule has 3 aromatic carbocycles. The van der Waals surface area contributed by atoms with Crippen LogP contribution in [0.5, 0.6) is 11.5 Å². The van der Waals surface area contributed by atoms with E-state index in [0.29, 0.717) is 22.6 Å². The Bertz CT molecular complexity index is 993. The first-order valence-corrected chi connectivity index (χ1v) is 8.11. The van der Waals surface area contributed by atoms with Crippen LogP contribution < -0.4 is 9.47 Å². The fourth-order valence-corrected chi connectivity index (χ4v) is 2.55. The van der Waals surface area contributed by atoms with Gasteiger partial charge in [0, 0.05) is 11.1 Å². The lowest BCUT2D eigenvalue weighted by Crippen LogP contribution is -2.08. The molecule has 0 radical (unpaired) electrons. The molecule has 0 aliphatic carbocycles. The number of nitrogens with one attached hydrogen (secondary N) is 1. The summed E-state index contributed by atoms with van der Waals surface area (Å²) in [5, 5.41) is 11.8. The highest BCUT2D eigenvalue weighted by molar-refractivity contribution is 6.08. The van der Waals surface area contributed by atoms with E-state index < -0.39 is 5.97 Å². The first-order chi connectivity index (χ1) is 12.3. The number of esters is 1. The molecular formula is C22H19NO3. The third-order valence-electron chi connectivity index (χ3n) is 3.95. The van der Waals surface area contributed by atoms with Crippen LogP contribution in [0.1, 0.15) is 13.8 Å². The van der Waals surface area contributed by atoms with Crippen molar-refractivity contribution in [3.8, 4) is 11.5 Å². The summed E-state index contributed by atoms with van der Waals surface area (Å²) in [6.07, 6.45) is 0. The van der Waals surface area contributed by atoms with E-state index in [4.69, 9.17) is 14.9 Å². The number of hydrogen-bond donors (Lipinski definition) is 1. The molecule has 3 rings (SSSR count). The molecule has 4 heteroatoms.